The van der Waals surface area contributed by atoms with Crippen molar-refractivity contribution in [1.29, 1.82) is 0 Å². The van der Waals surface area contributed by atoms with E-state index < -0.39 is 11.8 Å². The van der Waals surface area contributed by atoms with Gasteiger partial charge in [0.2, 0.25) is 0 Å². The molecule has 0 saturated heterocycles. The first kappa shape index (κ1) is 14.0. The summed E-state index contributed by atoms with van der Waals surface area (Å²) in [6, 6.07) is 8.32. The van der Waals surface area contributed by atoms with Crippen molar-refractivity contribution in [2.45, 2.75) is 13.5 Å². The minimum absolute atomic E-state index is 0.180. The van der Waals surface area contributed by atoms with Gasteiger partial charge in [-0.15, -0.1) is 0 Å². The fourth-order valence-corrected chi connectivity index (χ4v) is 1.79. The zero-order chi connectivity index (χ0) is 14.5. The highest BCUT2D eigenvalue weighted by molar-refractivity contribution is 5.90. The Balaban J connectivity index is 2.22. The summed E-state index contributed by atoms with van der Waals surface area (Å²) in [5, 5.41) is 3.08. The van der Waals surface area contributed by atoms with Gasteiger partial charge in [0.05, 0.1) is 24.9 Å². The number of anilines is 1. The van der Waals surface area contributed by atoms with Crippen molar-refractivity contribution in [3.63, 3.8) is 0 Å². The molecule has 104 valence electrons. The lowest BCUT2D eigenvalue weighted by molar-refractivity contribution is 0.0600. The van der Waals surface area contributed by atoms with E-state index in [0.717, 1.165) is 5.69 Å². The molecule has 1 aromatic carbocycles. The van der Waals surface area contributed by atoms with Crippen LogP contribution in [-0.4, -0.2) is 18.1 Å². The van der Waals surface area contributed by atoms with Gasteiger partial charge in [0.15, 0.2) is 0 Å². The smallest absolute Gasteiger partial charge is 0.338 e. The quantitative estimate of drug-likeness (QED) is 0.871. The van der Waals surface area contributed by atoms with E-state index in [-0.39, 0.29) is 5.56 Å². The summed E-state index contributed by atoms with van der Waals surface area (Å²) in [7, 11) is 1.26. The summed E-state index contributed by atoms with van der Waals surface area (Å²) < 4.78 is 18.4. The van der Waals surface area contributed by atoms with E-state index in [1.807, 2.05) is 18.2 Å². The molecule has 0 saturated carbocycles. The number of methoxy groups -OCH3 is 1. The first-order chi connectivity index (χ1) is 9.61. The Hall–Kier alpha value is -2.43. The Morgan fingerprint density at radius 2 is 2.20 bits per heavy atom. The van der Waals surface area contributed by atoms with Crippen molar-refractivity contribution in [1.82, 2.24) is 4.98 Å². The van der Waals surface area contributed by atoms with Gasteiger partial charge in [-0.25, -0.2) is 9.18 Å². The van der Waals surface area contributed by atoms with Crippen LogP contribution in [0.25, 0.3) is 0 Å². The van der Waals surface area contributed by atoms with Gasteiger partial charge in [0, 0.05) is 17.4 Å². The molecular weight excluding hydrogens is 259 g/mol. The van der Waals surface area contributed by atoms with Crippen molar-refractivity contribution in [3.8, 4) is 0 Å². The molecule has 1 aromatic heterocycles. The average Bonchev–Trinajstić information content (AvgIpc) is 2.48. The highest BCUT2D eigenvalue weighted by Crippen LogP contribution is 2.21. The minimum Gasteiger partial charge on any atom is -0.465 e. The fourth-order valence-electron chi connectivity index (χ4n) is 1.79. The van der Waals surface area contributed by atoms with Gasteiger partial charge in [0.25, 0.3) is 0 Å². The van der Waals surface area contributed by atoms with Gasteiger partial charge in [-0.3, -0.25) is 4.98 Å². The van der Waals surface area contributed by atoms with Crippen molar-refractivity contribution in [3.05, 3.63) is 59.2 Å². The molecule has 0 unspecified atom stereocenters. The van der Waals surface area contributed by atoms with E-state index in [4.69, 9.17) is 0 Å². The molecule has 0 bridgehead atoms. The lowest BCUT2D eigenvalue weighted by Crippen LogP contribution is -2.07. The number of ether oxygens (including phenoxy) is 1. The van der Waals surface area contributed by atoms with Crippen molar-refractivity contribution >= 4 is 11.7 Å². The van der Waals surface area contributed by atoms with Gasteiger partial charge >= 0.3 is 5.97 Å². The third kappa shape index (κ3) is 3.12. The number of nitrogens with one attached hydrogen (secondary N) is 1. The Bertz CT molecular complexity index is 615. The van der Waals surface area contributed by atoms with Crippen molar-refractivity contribution in [2.75, 3.05) is 12.4 Å². The summed E-state index contributed by atoms with van der Waals surface area (Å²) in [6.07, 6.45) is 1.69. The SMILES string of the molecule is COC(=O)c1cc(F)c(C)c(NCc2ccccn2)c1. The molecule has 5 heteroatoms. The first-order valence-electron chi connectivity index (χ1n) is 6.14. The number of carbonyl (C=O) groups is 1. The molecule has 0 aliphatic heterocycles. The second kappa shape index (κ2) is 6.14. The van der Waals surface area contributed by atoms with Crippen LogP contribution in [0.3, 0.4) is 0 Å². The molecule has 1 N–H and O–H groups in total. The minimum atomic E-state index is -0.565. The van der Waals surface area contributed by atoms with Crippen molar-refractivity contribution < 1.29 is 13.9 Å². The van der Waals surface area contributed by atoms with Gasteiger partial charge < -0.3 is 10.1 Å². The van der Waals surface area contributed by atoms with Gasteiger partial charge in [-0.2, -0.15) is 0 Å². The maximum absolute atomic E-state index is 13.8. The maximum Gasteiger partial charge on any atom is 0.338 e. The van der Waals surface area contributed by atoms with Crippen molar-refractivity contribution in [2.24, 2.45) is 0 Å². The predicted molar refractivity (Wildman–Crippen MR) is 74.0 cm³/mol. The molecule has 0 aliphatic carbocycles. The molecule has 0 fully saturated rings. The third-order valence-electron chi connectivity index (χ3n) is 2.95. The monoisotopic (exact) mass is 274 g/mol. The van der Waals surface area contributed by atoms with Crippen LogP contribution >= 0.6 is 0 Å². The first-order valence-corrected chi connectivity index (χ1v) is 6.14. The lowest BCUT2D eigenvalue weighted by atomic mass is 10.1. The number of pyridine rings is 1. The van der Waals surface area contributed by atoms with Crippen LogP contribution in [0.5, 0.6) is 0 Å². The molecule has 0 atom stereocenters. The molecule has 0 spiro atoms. The van der Waals surface area contributed by atoms with Crippen LogP contribution in [-0.2, 0) is 11.3 Å². The highest BCUT2D eigenvalue weighted by atomic mass is 19.1. The van der Waals surface area contributed by atoms with E-state index in [1.54, 1.807) is 19.2 Å². The second-order valence-corrected chi connectivity index (χ2v) is 4.30. The number of nitrogens with zero attached hydrogens (tertiary/aromatic N) is 1. The van der Waals surface area contributed by atoms with E-state index in [1.165, 1.54) is 13.2 Å². The topological polar surface area (TPSA) is 51.2 Å². The second-order valence-electron chi connectivity index (χ2n) is 4.30. The van der Waals surface area contributed by atoms with Crippen LogP contribution in [0, 0.1) is 12.7 Å². The van der Waals surface area contributed by atoms with E-state index >= 15 is 0 Å². The van der Waals surface area contributed by atoms with Crippen LogP contribution in [0.2, 0.25) is 0 Å². The molecule has 0 radical (unpaired) electrons. The van der Waals surface area contributed by atoms with E-state index in [0.29, 0.717) is 17.8 Å². The maximum atomic E-state index is 13.8. The Morgan fingerprint density at radius 1 is 1.40 bits per heavy atom. The van der Waals surface area contributed by atoms with Crippen LogP contribution in [0.1, 0.15) is 21.6 Å². The molecule has 2 aromatic rings. The fraction of sp³-hybridized carbons (Fsp3) is 0.200. The molecule has 20 heavy (non-hydrogen) atoms. The number of benzene rings is 1. The predicted octanol–water partition coefficient (Wildman–Crippen LogP) is 2.93. The number of hydrogen-bond acceptors (Lipinski definition) is 4. The van der Waals surface area contributed by atoms with Gasteiger partial charge in [-0.1, -0.05) is 6.07 Å². The molecule has 0 aliphatic rings. The standard InChI is InChI=1S/C15H15FN2O2/c1-10-13(16)7-11(15(19)20-2)8-14(10)18-9-12-5-3-4-6-17-12/h3-8,18H,9H2,1-2H3. The zero-order valence-corrected chi connectivity index (χ0v) is 11.3. The molecule has 2 rings (SSSR count). The molecule has 1 heterocycles. The third-order valence-corrected chi connectivity index (χ3v) is 2.95. The van der Waals surface area contributed by atoms with Gasteiger partial charge in [0.1, 0.15) is 5.82 Å². The summed E-state index contributed by atoms with van der Waals surface area (Å²) >= 11 is 0. The van der Waals surface area contributed by atoms with Gasteiger partial charge in [-0.05, 0) is 31.2 Å². The Labute approximate surface area is 116 Å². The summed E-state index contributed by atoms with van der Waals surface area (Å²) in [5.41, 5.74) is 2.01. The van der Waals surface area contributed by atoms with E-state index in [2.05, 4.69) is 15.0 Å². The van der Waals surface area contributed by atoms with Crippen LogP contribution in [0.15, 0.2) is 36.5 Å². The largest absolute Gasteiger partial charge is 0.465 e. The van der Waals surface area contributed by atoms with E-state index in [9.17, 15) is 9.18 Å². The number of rotatable bonds is 4. The molecular formula is C15H15FN2O2. The summed E-state index contributed by atoms with van der Waals surface area (Å²) in [4.78, 5) is 15.6. The normalized spacial score (nSPS) is 10.2. The average molecular weight is 274 g/mol. The summed E-state index contributed by atoms with van der Waals surface area (Å²) in [5.74, 6) is -1.01. The number of halogens is 1. The zero-order valence-electron chi connectivity index (χ0n) is 11.3. The van der Waals surface area contributed by atoms with Crippen LogP contribution in [0.4, 0.5) is 10.1 Å². The number of carbonyl (C=O) groups excluding carboxylic acids is 1. The lowest BCUT2D eigenvalue weighted by Gasteiger charge is -2.11. The molecule has 0 amide bonds. The molecule has 4 nitrogen and oxygen atoms in total. The Kier molecular flexibility index (Phi) is 4.30. The number of hydrogen-bond donors (Lipinski definition) is 1. The number of esters is 1. The Morgan fingerprint density at radius 3 is 2.85 bits per heavy atom. The summed E-state index contributed by atoms with van der Waals surface area (Å²) in [6.45, 7) is 2.10. The highest BCUT2D eigenvalue weighted by Gasteiger charge is 2.12. The number of aromatic nitrogens is 1. The van der Waals surface area contributed by atoms with Crippen LogP contribution < -0.4 is 5.32 Å².